The monoisotopic (exact) mass is 151 g/mol. The molecule has 0 aliphatic carbocycles. The zero-order valence-electron chi connectivity index (χ0n) is 4.08. The van der Waals surface area contributed by atoms with Crippen molar-refractivity contribution in [2.45, 2.75) is 4.27 Å². The topological polar surface area (TPSA) is 20.2 Å². The highest BCUT2D eigenvalue weighted by Gasteiger charge is 1.78. The minimum Gasteiger partial charge on any atom is -0.400 e. The van der Waals surface area contributed by atoms with Crippen LogP contribution >= 0.6 is 34.8 Å². The van der Waals surface area contributed by atoms with Gasteiger partial charge in [0.05, 0.1) is 1.37 Å². The smallest absolute Gasteiger partial charge is 0.180 e. The molecule has 0 amide bonds. The molecule has 0 fully saturated rings. The van der Waals surface area contributed by atoms with Crippen molar-refractivity contribution >= 4 is 34.8 Å². The van der Waals surface area contributed by atoms with Gasteiger partial charge in [-0.1, -0.05) is 34.8 Å². The molecule has 0 spiro atoms. The Kier molecular flexibility index (Phi) is 10.6. The van der Waals surface area contributed by atoms with E-state index in [-0.39, 0.29) is 0 Å². The summed E-state index contributed by atoms with van der Waals surface area (Å²) in [4.78, 5) is 0. The zero-order valence-corrected chi connectivity index (χ0v) is 5.35. The van der Waals surface area contributed by atoms with E-state index in [1.165, 1.54) is 0 Å². The lowest BCUT2D eigenvalue weighted by Crippen LogP contribution is -1.55. The van der Waals surface area contributed by atoms with Gasteiger partial charge in [-0.3, -0.25) is 0 Å². The summed E-state index contributed by atoms with van der Waals surface area (Å²) >= 11 is 14.2. The Balaban J connectivity index is 0. The van der Waals surface area contributed by atoms with Crippen LogP contribution in [0.4, 0.5) is 0 Å². The molecule has 40 valence electrons. The van der Waals surface area contributed by atoms with E-state index in [9.17, 15) is 0 Å². The largest absolute Gasteiger partial charge is 0.400 e. The van der Waals surface area contributed by atoms with E-state index in [1.54, 1.807) is 0 Å². The van der Waals surface area contributed by atoms with Crippen LogP contribution in [0.2, 0.25) is 0 Å². The molecule has 0 heterocycles. The summed E-state index contributed by atoms with van der Waals surface area (Å²) in [6.07, 6.45) is 0. The highest BCUT2D eigenvalue weighted by atomic mass is 35.6. The standard InChI is InChI=1S/CHCl3.CH4O/c2-1(3)4;1-2/h1H;2H,1H3/i1D;. The molecule has 0 saturated heterocycles. The Bertz CT molecular complexity index is 28.4. The number of hydrogen-bond acceptors (Lipinski definition) is 1. The molecule has 0 bridgehead atoms. The van der Waals surface area contributed by atoms with Crippen LogP contribution in [0.15, 0.2) is 0 Å². The number of halogens is 3. The maximum absolute atomic E-state index is 7.00. The SMILES string of the molecule is CO.[2H]C(Cl)(Cl)Cl. The molecular formula is C2H5Cl3O. The number of aliphatic hydroxyl groups is 1. The lowest BCUT2D eigenvalue weighted by atomic mass is 11.8. The molecule has 0 aromatic carbocycles. The normalized spacial score (nSPS) is 11.2. The van der Waals surface area contributed by atoms with Crippen molar-refractivity contribution in [1.82, 2.24) is 0 Å². The first-order valence-corrected chi connectivity index (χ1v) is 2.15. The van der Waals surface area contributed by atoms with Crippen molar-refractivity contribution in [3.63, 3.8) is 0 Å². The van der Waals surface area contributed by atoms with Gasteiger partial charge in [0.2, 0.25) is 0 Å². The van der Waals surface area contributed by atoms with Crippen LogP contribution in [0, 0.1) is 0 Å². The summed E-state index contributed by atoms with van der Waals surface area (Å²) < 4.78 is 4.40. The second kappa shape index (κ2) is 9.27. The van der Waals surface area contributed by atoms with Gasteiger partial charge < -0.3 is 5.11 Å². The predicted molar refractivity (Wildman–Crippen MR) is 29.5 cm³/mol. The highest BCUT2D eigenvalue weighted by molar-refractivity contribution is 6.63. The van der Waals surface area contributed by atoms with Gasteiger partial charge in [0.1, 0.15) is 0 Å². The first kappa shape index (κ1) is 6.83. The van der Waals surface area contributed by atoms with E-state index >= 15 is 0 Å². The van der Waals surface area contributed by atoms with Gasteiger partial charge in [-0.05, 0) is 0 Å². The fourth-order valence-corrected chi connectivity index (χ4v) is 0. The summed E-state index contributed by atoms with van der Waals surface area (Å²) in [5, 5.41) is 7.00. The Morgan fingerprint density at radius 3 is 1.50 bits per heavy atom. The second-order valence-corrected chi connectivity index (χ2v) is 1.93. The van der Waals surface area contributed by atoms with Crippen molar-refractivity contribution in [2.24, 2.45) is 0 Å². The summed E-state index contributed by atoms with van der Waals surface area (Å²) in [6.45, 7) is 0. The summed E-state index contributed by atoms with van der Waals surface area (Å²) in [5.41, 5.74) is 0. The lowest BCUT2D eigenvalue weighted by Gasteiger charge is -1.69. The van der Waals surface area contributed by atoms with Crippen molar-refractivity contribution in [2.75, 3.05) is 7.11 Å². The van der Waals surface area contributed by atoms with E-state index in [0.29, 0.717) is 0 Å². The molecule has 1 nitrogen and oxygen atoms in total. The van der Waals surface area contributed by atoms with Crippen molar-refractivity contribution in [3.05, 3.63) is 0 Å². The van der Waals surface area contributed by atoms with E-state index in [2.05, 4.69) is 0 Å². The van der Waals surface area contributed by atoms with Gasteiger partial charge in [-0.25, -0.2) is 0 Å². The first-order chi connectivity index (χ1) is 3.00. The van der Waals surface area contributed by atoms with Crippen molar-refractivity contribution in [3.8, 4) is 0 Å². The lowest BCUT2D eigenvalue weighted by molar-refractivity contribution is 0.399. The maximum Gasteiger partial charge on any atom is 0.180 e. The quantitative estimate of drug-likeness (QED) is 0.523. The third-order valence-corrected chi connectivity index (χ3v) is 0. The highest BCUT2D eigenvalue weighted by Crippen LogP contribution is 2.03. The number of alkyl halides is 3. The molecule has 0 aliphatic heterocycles. The molecule has 0 radical (unpaired) electrons. The van der Waals surface area contributed by atoms with Gasteiger partial charge in [-0.2, -0.15) is 0 Å². The van der Waals surface area contributed by atoms with Crippen LogP contribution in [0.5, 0.6) is 0 Å². The minimum absolute atomic E-state index is 1.00. The van der Waals surface area contributed by atoms with Crippen LogP contribution < -0.4 is 0 Å². The van der Waals surface area contributed by atoms with Gasteiger partial charge in [-0.15, -0.1) is 0 Å². The fraction of sp³-hybridized carbons (Fsp3) is 1.00. The van der Waals surface area contributed by atoms with Gasteiger partial charge in [0, 0.05) is 7.11 Å². The third-order valence-electron chi connectivity index (χ3n) is 0. The van der Waals surface area contributed by atoms with E-state index < -0.39 is 4.27 Å². The van der Waals surface area contributed by atoms with E-state index in [1.807, 2.05) is 0 Å². The van der Waals surface area contributed by atoms with Gasteiger partial charge in [0.15, 0.2) is 4.27 Å². The zero-order chi connectivity index (χ0) is 6.50. The maximum atomic E-state index is 7.00. The molecule has 1 N–H and O–H groups in total. The Morgan fingerprint density at radius 2 is 1.50 bits per heavy atom. The number of aliphatic hydroxyl groups excluding tert-OH is 1. The molecule has 0 aromatic heterocycles. The predicted octanol–water partition coefficient (Wildman–Crippen LogP) is 1.59. The van der Waals surface area contributed by atoms with Crippen LogP contribution in [-0.2, 0) is 0 Å². The molecule has 6 heavy (non-hydrogen) atoms. The molecule has 0 rings (SSSR count). The average molecular weight is 152 g/mol. The van der Waals surface area contributed by atoms with Gasteiger partial charge >= 0.3 is 0 Å². The minimum atomic E-state index is -1.83. The third kappa shape index (κ3) is 103. The van der Waals surface area contributed by atoms with Crippen LogP contribution in [0.25, 0.3) is 0 Å². The summed E-state index contributed by atoms with van der Waals surface area (Å²) in [5.74, 6) is 0. The van der Waals surface area contributed by atoms with Crippen LogP contribution in [0.3, 0.4) is 0 Å². The van der Waals surface area contributed by atoms with E-state index in [4.69, 9.17) is 41.3 Å². The molecule has 0 aromatic rings. The molecular weight excluding hydrogens is 146 g/mol. The second-order valence-electron chi connectivity index (χ2n) is 0.214. The van der Waals surface area contributed by atoms with Crippen LogP contribution in [-0.4, -0.2) is 16.5 Å². The fourth-order valence-electron chi connectivity index (χ4n) is 0. The Labute approximate surface area is 53.2 Å². The van der Waals surface area contributed by atoms with Crippen molar-refractivity contribution < 1.29 is 6.48 Å². The molecule has 0 saturated carbocycles. The summed E-state index contributed by atoms with van der Waals surface area (Å²) in [7, 11) is 1.00. The number of hydrogen-bond donors (Lipinski definition) is 1. The first-order valence-electron chi connectivity index (χ1n) is 1.51. The van der Waals surface area contributed by atoms with Crippen LogP contribution in [0.1, 0.15) is 1.37 Å². The average Bonchev–Trinajstić information content (AvgIpc) is 1.36. The molecule has 0 unspecified atom stereocenters. The summed E-state index contributed by atoms with van der Waals surface area (Å²) in [6, 6.07) is 0. The molecule has 4 heteroatoms. The molecule has 0 aliphatic rings. The van der Waals surface area contributed by atoms with Crippen molar-refractivity contribution in [1.29, 1.82) is 0 Å². The Morgan fingerprint density at radius 1 is 1.50 bits per heavy atom. The number of rotatable bonds is 0. The Hall–Kier alpha value is 0.830. The van der Waals surface area contributed by atoms with E-state index in [0.717, 1.165) is 7.11 Å². The van der Waals surface area contributed by atoms with Gasteiger partial charge in [0.25, 0.3) is 0 Å². The molecule has 0 atom stereocenters.